The summed E-state index contributed by atoms with van der Waals surface area (Å²) in [5.41, 5.74) is 7.26. The predicted octanol–water partition coefficient (Wildman–Crippen LogP) is 3.29. The van der Waals surface area contributed by atoms with E-state index in [1.165, 1.54) is 0 Å². The minimum absolute atomic E-state index is 0.248. The molecular formula is C16H14ClN3O. The van der Waals surface area contributed by atoms with Crippen molar-refractivity contribution in [1.29, 1.82) is 0 Å². The third-order valence-corrected chi connectivity index (χ3v) is 2.82. The normalized spacial score (nSPS) is 9.43. The highest BCUT2D eigenvalue weighted by Gasteiger charge is 2.06. The average Bonchev–Trinajstić information content (AvgIpc) is 2.47. The molecule has 2 rings (SSSR count). The van der Waals surface area contributed by atoms with Gasteiger partial charge in [0.25, 0.3) is 0 Å². The molecule has 0 saturated carbocycles. The fraction of sp³-hybridized carbons (Fsp3) is 0.0625. The lowest BCUT2D eigenvalue weighted by atomic mass is 10.2. The van der Waals surface area contributed by atoms with Crippen LogP contribution in [-0.2, 0) is 0 Å². The van der Waals surface area contributed by atoms with Crippen molar-refractivity contribution >= 4 is 29.0 Å². The highest BCUT2D eigenvalue weighted by Crippen LogP contribution is 2.20. The SMILES string of the molecule is NCC#Cc1ccc(Cl)cc1NC(=O)Nc1ccccc1. The standard InChI is InChI=1S/C16H14ClN3O/c17-13-9-8-12(5-4-10-18)15(11-13)20-16(21)19-14-6-2-1-3-7-14/h1-3,6-9,11H,10,18H2,(H2,19,20,21). The number of benzene rings is 2. The Kier molecular flexibility index (Phi) is 5.22. The monoisotopic (exact) mass is 299 g/mol. The topological polar surface area (TPSA) is 67.1 Å². The van der Waals surface area contributed by atoms with E-state index in [0.717, 1.165) is 0 Å². The molecular weight excluding hydrogens is 286 g/mol. The Morgan fingerprint density at radius 2 is 1.90 bits per heavy atom. The van der Waals surface area contributed by atoms with Gasteiger partial charge in [-0.1, -0.05) is 41.6 Å². The van der Waals surface area contributed by atoms with Crippen molar-refractivity contribution in [3.05, 3.63) is 59.1 Å². The number of carbonyl (C=O) groups is 1. The van der Waals surface area contributed by atoms with Crippen LogP contribution in [0.15, 0.2) is 48.5 Å². The average molecular weight is 300 g/mol. The molecule has 106 valence electrons. The largest absolute Gasteiger partial charge is 0.323 e. The molecule has 0 aromatic heterocycles. The smallest absolute Gasteiger partial charge is 0.320 e. The Bertz CT molecular complexity index is 690. The zero-order valence-electron chi connectivity index (χ0n) is 11.2. The van der Waals surface area contributed by atoms with Gasteiger partial charge in [-0.3, -0.25) is 0 Å². The van der Waals surface area contributed by atoms with Crippen LogP contribution in [0.2, 0.25) is 5.02 Å². The maximum Gasteiger partial charge on any atom is 0.323 e. The van der Waals surface area contributed by atoms with E-state index in [4.69, 9.17) is 17.3 Å². The number of halogens is 1. The molecule has 0 heterocycles. The van der Waals surface area contributed by atoms with Gasteiger partial charge < -0.3 is 16.4 Å². The zero-order chi connectivity index (χ0) is 15.1. The highest BCUT2D eigenvalue weighted by molar-refractivity contribution is 6.31. The van der Waals surface area contributed by atoms with Crippen molar-refractivity contribution < 1.29 is 4.79 Å². The van der Waals surface area contributed by atoms with Crippen LogP contribution in [0.3, 0.4) is 0 Å². The quantitative estimate of drug-likeness (QED) is 0.745. The van der Waals surface area contributed by atoms with Gasteiger partial charge in [0, 0.05) is 16.3 Å². The molecule has 5 heteroatoms. The first-order valence-corrected chi connectivity index (χ1v) is 6.68. The van der Waals surface area contributed by atoms with E-state index in [-0.39, 0.29) is 12.6 Å². The number of anilines is 2. The molecule has 0 aliphatic carbocycles. The lowest BCUT2D eigenvalue weighted by molar-refractivity contribution is 0.262. The van der Waals surface area contributed by atoms with Crippen molar-refractivity contribution in [3.63, 3.8) is 0 Å². The van der Waals surface area contributed by atoms with E-state index >= 15 is 0 Å². The van der Waals surface area contributed by atoms with Crippen LogP contribution in [-0.4, -0.2) is 12.6 Å². The van der Waals surface area contributed by atoms with E-state index in [1.807, 2.05) is 18.2 Å². The van der Waals surface area contributed by atoms with Gasteiger partial charge in [-0.05, 0) is 30.3 Å². The molecule has 2 amide bonds. The number of amides is 2. The first kappa shape index (κ1) is 14.9. The molecule has 0 fully saturated rings. The van der Waals surface area contributed by atoms with Crippen molar-refractivity contribution in [1.82, 2.24) is 0 Å². The van der Waals surface area contributed by atoms with Crippen molar-refractivity contribution in [2.75, 3.05) is 17.2 Å². The Morgan fingerprint density at radius 1 is 1.14 bits per heavy atom. The minimum Gasteiger partial charge on any atom is -0.320 e. The summed E-state index contributed by atoms with van der Waals surface area (Å²) in [5.74, 6) is 5.64. The summed E-state index contributed by atoms with van der Waals surface area (Å²) in [6.45, 7) is 0.248. The molecule has 0 aliphatic rings. The van der Waals surface area contributed by atoms with Gasteiger partial charge in [-0.2, -0.15) is 0 Å². The van der Waals surface area contributed by atoms with Gasteiger partial charge in [-0.25, -0.2) is 4.79 Å². The Labute approximate surface area is 128 Å². The summed E-state index contributed by atoms with van der Waals surface area (Å²) in [6, 6.07) is 13.9. The number of para-hydroxylation sites is 1. The fourth-order valence-electron chi connectivity index (χ4n) is 1.68. The molecule has 0 radical (unpaired) electrons. The molecule has 0 atom stereocenters. The second-order valence-electron chi connectivity index (χ2n) is 4.14. The van der Waals surface area contributed by atoms with Crippen molar-refractivity contribution in [2.24, 2.45) is 5.73 Å². The summed E-state index contributed by atoms with van der Waals surface area (Å²) < 4.78 is 0. The Hall–Kier alpha value is -2.48. The molecule has 21 heavy (non-hydrogen) atoms. The van der Waals surface area contributed by atoms with E-state index in [2.05, 4.69) is 22.5 Å². The number of nitrogens with two attached hydrogens (primary N) is 1. The van der Waals surface area contributed by atoms with Gasteiger partial charge in [-0.15, -0.1) is 0 Å². The van der Waals surface area contributed by atoms with Crippen LogP contribution in [0.4, 0.5) is 16.2 Å². The van der Waals surface area contributed by atoms with Crippen molar-refractivity contribution in [3.8, 4) is 11.8 Å². The number of hydrogen-bond acceptors (Lipinski definition) is 2. The molecule has 2 aromatic rings. The second kappa shape index (κ2) is 7.34. The van der Waals surface area contributed by atoms with Gasteiger partial charge in [0.2, 0.25) is 0 Å². The number of rotatable bonds is 2. The third-order valence-electron chi connectivity index (χ3n) is 2.59. The first-order chi connectivity index (χ1) is 10.2. The van der Waals surface area contributed by atoms with Gasteiger partial charge in [0.05, 0.1) is 12.2 Å². The molecule has 0 bridgehead atoms. The maximum atomic E-state index is 12.0. The molecule has 0 unspecified atom stereocenters. The number of nitrogens with one attached hydrogen (secondary N) is 2. The summed E-state index contributed by atoms with van der Waals surface area (Å²) in [4.78, 5) is 12.0. The van der Waals surface area contributed by atoms with Crippen LogP contribution in [0, 0.1) is 11.8 Å². The highest BCUT2D eigenvalue weighted by atomic mass is 35.5. The van der Waals surface area contributed by atoms with Crippen LogP contribution in [0.5, 0.6) is 0 Å². The molecule has 0 aliphatic heterocycles. The summed E-state index contributed by atoms with van der Waals surface area (Å²) in [7, 11) is 0. The molecule has 4 nitrogen and oxygen atoms in total. The number of carbonyl (C=O) groups excluding carboxylic acids is 1. The predicted molar refractivity (Wildman–Crippen MR) is 86.5 cm³/mol. The van der Waals surface area contributed by atoms with E-state index in [9.17, 15) is 4.79 Å². The Balaban J connectivity index is 2.14. The van der Waals surface area contributed by atoms with Gasteiger partial charge >= 0.3 is 6.03 Å². The zero-order valence-corrected chi connectivity index (χ0v) is 11.9. The summed E-state index contributed by atoms with van der Waals surface area (Å²) in [5, 5.41) is 5.98. The van der Waals surface area contributed by atoms with Crippen LogP contribution in [0.1, 0.15) is 5.56 Å². The maximum absolute atomic E-state index is 12.0. The lowest BCUT2D eigenvalue weighted by Crippen LogP contribution is -2.20. The summed E-state index contributed by atoms with van der Waals surface area (Å²) >= 11 is 5.95. The van der Waals surface area contributed by atoms with E-state index in [0.29, 0.717) is 22.0 Å². The van der Waals surface area contributed by atoms with Crippen LogP contribution < -0.4 is 16.4 Å². The summed E-state index contributed by atoms with van der Waals surface area (Å²) in [6.07, 6.45) is 0. The van der Waals surface area contributed by atoms with Crippen LogP contribution >= 0.6 is 11.6 Å². The lowest BCUT2D eigenvalue weighted by Gasteiger charge is -2.09. The molecule has 0 saturated heterocycles. The molecule has 2 aromatic carbocycles. The second-order valence-corrected chi connectivity index (χ2v) is 4.58. The molecule has 0 spiro atoms. The molecule has 4 N–H and O–H groups in total. The number of hydrogen-bond donors (Lipinski definition) is 3. The van der Waals surface area contributed by atoms with Gasteiger partial charge in [0.1, 0.15) is 0 Å². The van der Waals surface area contributed by atoms with E-state index < -0.39 is 0 Å². The Morgan fingerprint density at radius 3 is 2.62 bits per heavy atom. The van der Waals surface area contributed by atoms with Crippen LogP contribution in [0.25, 0.3) is 0 Å². The fourth-order valence-corrected chi connectivity index (χ4v) is 1.85. The van der Waals surface area contributed by atoms with Gasteiger partial charge in [0.15, 0.2) is 0 Å². The van der Waals surface area contributed by atoms with Crippen molar-refractivity contribution in [2.45, 2.75) is 0 Å². The van der Waals surface area contributed by atoms with E-state index in [1.54, 1.807) is 30.3 Å². The minimum atomic E-state index is -0.362. The number of urea groups is 1. The third kappa shape index (κ3) is 4.53. The first-order valence-electron chi connectivity index (χ1n) is 6.30.